The molecule has 0 fully saturated rings. The van der Waals surface area contributed by atoms with Gasteiger partial charge < -0.3 is 9.88 Å². The lowest BCUT2D eigenvalue weighted by atomic mass is 10.2. The predicted molar refractivity (Wildman–Crippen MR) is 68.6 cm³/mol. The summed E-state index contributed by atoms with van der Waals surface area (Å²) >= 11 is 1.89. The molecule has 0 spiro atoms. The van der Waals surface area contributed by atoms with E-state index in [1.807, 2.05) is 24.2 Å². The second-order valence-electron chi connectivity index (χ2n) is 4.19. The van der Waals surface area contributed by atoms with Crippen molar-refractivity contribution in [2.75, 3.05) is 23.9 Å². The molecular formula is C11H21N3S. The molecule has 0 aliphatic heterocycles. The molecule has 1 atom stereocenters. The molecule has 0 amide bonds. The minimum absolute atomic E-state index is 0.464. The molecule has 1 rings (SSSR count). The van der Waals surface area contributed by atoms with Crippen molar-refractivity contribution in [3.63, 3.8) is 0 Å². The number of anilines is 1. The van der Waals surface area contributed by atoms with E-state index < -0.39 is 0 Å². The molecule has 0 aromatic carbocycles. The molecule has 1 unspecified atom stereocenters. The Bertz CT molecular complexity index is 283. The summed E-state index contributed by atoms with van der Waals surface area (Å²) in [6.45, 7) is 7.58. The third-order valence-corrected chi connectivity index (χ3v) is 3.19. The van der Waals surface area contributed by atoms with Crippen LogP contribution in [0.15, 0.2) is 12.4 Å². The van der Waals surface area contributed by atoms with Crippen molar-refractivity contribution in [1.29, 1.82) is 0 Å². The fourth-order valence-corrected chi connectivity index (χ4v) is 2.16. The van der Waals surface area contributed by atoms with Crippen LogP contribution in [-0.2, 0) is 0 Å². The zero-order valence-electron chi connectivity index (χ0n) is 10.0. The van der Waals surface area contributed by atoms with Gasteiger partial charge in [-0.2, -0.15) is 11.8 Å². The Labute approximate surface area is 96.7 Å². The predicted octanol–water partition coefficient (Wildman–Crippen LogP) is 2.88. The van der Waals surface area contributed by atoms with E-state index in [2.05, 4.69) is 41.9 Å². The summed E-state index contributed by atoms with van der Waals surface area (Å²) in [5.74, 6) is 2.85. The monoisotopic (exact) mass is 227 g/mol. The van der Waals surface area contributed by atoms with Gasteiger partial charge in [-0.1, -0.05) is 6.92 Å². The molecule has 0 radical (unpaired) electrons. The Morgan fingerprint density at radius 1 is 1.47 bits per heavy atom. The third-order valence-electron chi connectivity index (χ3n) is 2.28. The van der Waals surface area contributed by atoms with E-state index >= 15 is 0 Å². The Morgan fingerprint density at radius 2 is 2.20 bits per heavy atom. The quantitative estimate of drug-likeness (QED) is 0.810. The standard InChI is InChI=1S/C11H21N3S/c1-9(2)14-6-5-12-11(14)13-7-10(3)8-15-4/h5-6,9-10H,7-8H2,1-4H3,(H,12,13). The van der Waals surface area contributed by atoms with Gasteiger partial charge in [0.05, 0.1) is 0 Å². The SMILES string of the molecule is CSCC(C)CNc1nccn1C(C)C. The smallest absolute Gasteiger partial charge is 0.203 e. The number of hydrogen-bond acceptors (Lipinski definition) is 3. The van der Waals surface area contributed by atoms with Crippen LogP contribution < -0.4 is 5.32 Å². The van der Waals surface area contributed by atoms with Crippen LogP contribution in [0.1, 0.15) is 26.8 Å². The van der Waals surface area contributed by atoms with Crippen molar-refractivity contribution < 1.29 is 0 Å². The molecule has 0 aliphatic rings. The Hall–Kier alpha value is -0.640. The van der Waals surface area contributed by atoms with Crippen molar-refractivity contribution in [2.45, 2.75) is 26.8 Å². The van der Waals surface area contributed by atoms with Crippen LogP contribution in [0, 0.1) is 5.92 Å². The van der Waals surface area contributed by atoms with Gasteiger partial charge in [-0.3, -0.25) is 0 Å². The number of nitrogens with one attached hydrogen (secondary N) is 1. The average molecular weight is 227 g/mol. The van der Waals surface area contributed by atoms with Gasteiger partial charge >= 0.3 is 0 Å². The molecule has 4 heteroatoms. The van der Waals surface area contributed by atoms with Gasteiger partial charge in [0.15, 0.2) is 0 Å². The van der Waals surface area contributed by atoms with Gasteiger partial charge in [-0.05, 0) is 31.8 Å². The highest BCUT2D eigenvalue weighted by atomic mass is 32.2. The summed E-state index contributed by atoms with van der Waals surface area (Å²) in [4.78, 5) is 4.31. The molecule has 3 nitrogen and oxygen atoms in total. The van der Waals surface area contributed by atoms with Crippen LogP contribution >= 0.6 is 11.8 Å². The van der Waals surface area contributed by atoms with Crippen molar-refractivity contribution in [1.82, 2.24) is 9.55 Å². The fourth-order valence-electron chi connectivity index (χ4n) is 1.48. The molecule has 1 aromatic heterocycles. The highest BCUT2D eigenvalue weighted by Crippen LogP contribution is 2.13. The fraction of sp³-hybridized carbons (Fsp3) is 0.727. The summed E-state index contributed by atoms with van der Waals surface area (Å²) in [6, 6.07) is 0.464. The summed E-state index contributed by atoms with van der Waals surface area (Å²) < 4.78 is 2.16. The van der Waals surface area contributed by atoms with E-state index in [0.29, 0.717) is 12.0 Å². The summed E-state index contributed by atoms with van der Waals surface area (Å²) in [5.41, 5.74) is 0. The third kappa shape index (κ3) is 3.78. The number of imidazole rings is 1. The molecular weight excluding hydrogens is 206 g/mol. The van der Waals surface area contributed by atoms with Gasteiger partial charge in [0.1, 0.15) is 0 Å². The molecule has 0 aliphatic carbocycles. The molecule has 1 heterocycles. The number of rotatable bonds is 6. The van der Waals surface area contributed by atoms with Crippen LogP contribution in [0.2, 0.25) is 0 Å². The first-order valence-electron chi connectivity index (χ1n) is 5.40. The van der Waals surface area contributed by atoms with Gasteiger partial charge in [0, 0.05) is 25.0 Å². The van der Waals surface area contributed by atoms with Gasteiger partial charge in [-0.25, -0.2) is 4.98 Å². The van der Waals surface area contributed by atoms with E-state index in [1.165, 1.54) is 5.75 Å². The summed E-state index contributed by atoms with van der Waals surface area (Å²) in [7, 11) is 0. The van der Waals surface area contributed by atoms with Crippen molar-refractivity contribution in [2.24, 2.45) is 5.92 Å². The van der Waals surface area contributed by atoms with E-state index in [0.717, 1.165) is 12.5 Å². The maximum atomic E-state index is 4.31. The first kappa shape index (κ1) is 12.4. The van der Waals surface area contributed by atoms with Gasteiger partial charge in [0.2, 0.25) is 5.95 Å². The molecule has 86 valence electrons. The van der Waals surface area contributed by atoms with E-state index in [-0.39, 0.29) is 0 Å². The zero-order chi connectivity index (χ0) is 11.3. The van der Waals surface area contributed by atoms with Crippen molar-refractivity contribution >= 4 is 17.7 Å². The van der Waals surface area contributed by atoms with Crippen molar-refractivity contribution in [3.05, 3.63) is 12.4 Å². The molecule has 1 aromatic rings. The van der Waals surface area contributed by atoms with E-state index in [4.69, 9.17) is 0 Å². The van der Waals surface area contributed by atoms with Crippen LogP contribution in [-0.4, -0.2) is 28.1 Å². The number of thioether (sulfide) groups is 1. The van der Waals surface area contributed by atoms with Crippen LogP contribution in [0.3, 0.4) is 0 Å². The minimum Gasteiger partial charge on any atom is -0.355 e. The van der Waals surface area contributed by atoms with Gasteiger partial charge in [0.25, 0.3) is 0 Å². The molecule has 15 heavy (non-hydrogen) atoms. The highest BCUT2D eigenvalue weighted by Gasteiger charge is 2.06. The first-order chi connectivity index (χ1) is 7.15. The van der Waals surface area contributed by atoms with Crippen LogP contribution in [0.5, 0.6) is 0 Å². The number of hydrogen-bond donors (Lipinski definition) is 1. The second kappa shape index (κ2) is 6.05. The van der Waals surface area contributed by atoms with Crippen molar-refractivity contribution in [3.8, 4) is 0 Å². The normalized spacial score (nSPS) is 13.1. The minimum atomic E-state index is 0.464. The van der Waals surface area contributed by atoms with Crippen LogP contribution in [0.4, 0.5) is 5.95 Å². The number of aromatic nitrogens is 2. The lowest BCUT2D eigenvalue weighted by Gasteiger charge is -2.15. The topological polar surface area (TPSA) is 29.9 Å². The molecule has 1 N–H and O–H groups in total. The Morgan fingerprint density at radius 3 is 2.80 bits per heavy atom. The Balaban J connectivity index is 2.46. The lowest BCUT2D eigenvalue weighted by molar-refractivity contribution is 0.598. The number of nitrogens with zero attached hydrogens (tertiary/aromatic N) is 2. The molecule has 0 saturated heterocycles. The maximum Gasteiger partial charge on any atom is 0.203 e. The first-order valence-corrected chi connectivity index (χ1v) is 6.80. The summed E-state index contributed by atoms with van der Waals surface area (Å²) in [6.07, 6.45) is 6.01. The highest BCUT2D eigenvalue weighted by molar-refractivity contribution is 7.98. The maximum absolute atomic E-state index is 4.31. The summed E-state index contributed by atoms with van der Waals surface area (Å²) in [5, 5.41) is 3.40. The zero-order valence-corrected chi connectivity index (χ0v) is 10.8. The molecule has 0 bridgehead atoms. The van der Waals surface area contributed by atoms with Crippen LogP contribution in [0.25, 0.3) is 0 Å². The van der Waals surface area contributed by atoms with E-state index in [9.17, 15) is 0 Å². The van der Waals surface area contributed by atoms with E-state index in [1.54, 1.807) is 0 Å². The molecule has 0 saturated carbocycles. The largest absolute Gasteiger partial charge is 0.355 e. The average Bonchev–Trinajstić information content (AvgIpc) is 2.63. The lowest BCUT2D eigenvalue weighted by Crippen LogP contribution is -2.16. The Kier molecular flexibility index (Phi) is 5.02. The van der Waals surface area contributed by atoms with Gasteiger partial charge in [-0.15, -0.1) is 0 Å². The second-order valence-corrected chi connectivity index (χ2v) is 5.10.